The quantitative estimate of drug-likeness (QED) is 0.580. The summed E-state index contributed by atoms with van der Waals surface area (Å²) in [7, 11) is 2.03. The molecule has 0 saturated heterocycles. The van der Waals surface area contributed by atoms with Crippen molar-refractivity contribution in [2.75, 3.05) is 0 Å². The van der Waals surface area contributed by atoms with Gasteiger partial charge in [-0.05, 0) is 23.9 Å². The first kappa shape index (κ1) is 12.0. The van der Waals surface area contributed by atoms with Gasteiger partial charge in [0.1, 0.15) is 13.0 Å². The zero-order chi connectivity index (χ0) is 12.7. The lowest BCUT2D eigenvalue weighted by atomic mass is 9.78. The molecule has 0 bridgehead atoms. The fourth-order valence-corrected chi connectivity index (χ4v) is 3.23. The Morgan fingerprint density at radius 1 is 1.39 bits per heavy atom. The minimum atomic E-state index is 0.551. The highest BCUT2D eigenvalue weighted by molar-refractivity contribution is 6.36. The first-order chi connectivity index (χ1) is 8.66. The average molecular weight is 262 g/mol. The standard InChI is InChI=1S/C13H17BClN3/c1-8-4-2-3-5-9(8)11-6-12(15)18-13(17-11)10(14)7-16-18/h6-9H,2-5,14H2,1H3. The molecular formula is C13H17BClN3. The van der Waals surface area contributed by atoms with Crippen LogP contribution in [0.15, 0.2) is 12.3 Å². The van der Waals surface area contributed by atoms with Gasteiger partial charge in [0.05, 0.1) is 0 Å². The van der Waals surface area contributed by atoms with Gasteiger partial charge in [-0.3, -0.25) is 0 Å². The van der Waals surface area contributed by atoms with Crippen LogP contribution in [0, 0.1) is 5.92 Å². The smallest absolute Gasteiger partial charge is 0.150 e. The summed E-state index contributed by atoms with van der Waals surface area (Å²) in [6, 6.07) is 1.99. The van der Waals surface area contributed by atoms with E-state index in [-0.39, 0.29) is 0 Å². The molecule has 5 heteroatoms. The second kappa shape index (κ2) is 4.58. The molecule has 0 aromatic carbocycles. The van der Waals surface area contributed by atoms with Crippen LogP contribution in [0.5, 0.6) is 0 Å². The van der Waals surface area contributed by atoms with E-state index >= 15 is 0 Å². The largest absolute Gasteiger partial charge is 0.234 e. The van der Waals surface area contributed by atoms with E-state index in [1.807, 2.05) is 20.1 Å². The fraction of sp³-hybridized carbons (Fsp3) is 0.538. The lowest BCUT2D eigenvalue weighted by molar-refractivity contribution is 0.325. The normalized spacial score (nSPS) is 24.6. The maximum absolute atomic E-state index is 6.30. The zero-order valence-electron chi connectivity index (χ0n) is 10.9. The highest BCUT2D eigenvalue weighted by Crippen LogP contribution is 2.37. The van der Waals surface area contributed by atoms with Crippen molar-refractivity contribution < 1.29 is 0 Å². The maximum atomic E-state index is 6.30. The van der Waals surface area contributed by atoms with Gasteiger partial charge in [0, 0.05) is 17.8 Å². The Kier molecular flexibility index (Phi) is 3.06. The van der Waals surface area contributed by atoms with Crippen molar-refractivity contribution in [2.45, 2.75) is 38.5 Å². The molecule has 2 aromatic rings. The lowest BCUT2D eigenvalue weighted by Gasteiger charge is -2.28. The molecule has 0 aliphatic heterocycles. The van der Waals surface area contributed by atoms with E-state index in [1.165, 1.54) is 25.7 Å². The summed E-state index contributed by atoms with van der Waals surface area (Å²) in [5.74, 6) is 1.25. The molecule has 2 heterocycles. The lowest BCUT2D eigenvalue weighted by Crippen LogP contribution is -2.17. The van der Waals surface area contributed by atoms with Gasteiger partial charge in [-0.2, -0.15) is 5.10 Å². The van der Waals surface area contributed by atoms with E-state index in [0.717, 1.165) is 16.8 Å². The summed E-state index contributed by atoms with van der Waals surface area (Å²) < 4.78 is 1.72. The fourth-order valence-electron chi connectivity index (χ4n) is 3.00. The van der Waals surface area contributed by atoms with Crippen LogP contribution in [0.1, 0.15) is 44.2 Å². The van der Waals surface area contributed by atoms with Crippen molar-refractivity contribution in [2.24, 2.45) is 5.92 Å². The Morgan fingerprint density at radius 3 is 2.94 bits per heavy atom. The molecule has 18 heavy (non-hydrogen) atoms. The van der Waals surface area contributed by atoms with Crippen LogP contribution in [-0.4, -0.2) is 22.4 Å². The Balaban J connectivity index is 2.08. The van der Waals surface area contributed by atoms with Crippen LogP contribution in [0.2, 0.25) is 5.15 Å². The molecule has 0 N–H and O–H groups in total. The molecule has 2 aromatic heterocycles. The highest BCUT2D eigenvalue weighted by Gasteiger charge is 2.25. The molecule has 3 nitrogen and oxygen atoms in total. The van der Waals surface area contributed by atoms with E-state index < -0.39 is 0 Å². The summed E-state index contributed by atoms with van der Waals surface area (Å²) in [5.41, 5.74) is 3.13. The van der Waals surface area contributed by atoms with Crippen LogP contribution in [0.4, 0.5) is 0 Å². The molecule has 3 rings (SSSR count). The molecule has 1 aliphatic rings. The maximum Gasteiger partial charge on any atom is 0.150 e. The predicted molar refractivity (Wildman–Crippen MR) is 76.5 cm³/mol. The third-order valence-electron chi connectivity index (χ3n) is 4.12. The molecule has 0 amide bonds. The minimum absolute atomic E-state index is 0.551. The SMILES string of the molecule is Bc1cnn2c(Cl)cc(C3CCCCC3C)nc12. The zero-order valence-corrected chi connectivity index (χ0v) is 11.6. The number of fused-ring (bicyclic) bond motifs is 1. The van der Waals surface area contributed by atoms with Gasteiger partial charge in [-0.25, -0.2) is 9.50 Å². The van der Waals surface area contributed by atoms with Gasteiger partial charge < -0.3 is 0 Å². The summed E-state index contributed by atoms with van der Waals surface area (Å²) in [6.07, 6.45) is 7.00. The Hall–Kier alpha value is -1.03. The van der Waals surface area contributed by atoms with Gasteiger partial charge in [-0.1, -0.05) is 37.8 Å². The predicted octanol–water partition coefficient (Wildman–Crippen LogP) is 1.93. The van der Waals surface area contributed by atoms with Crippen molar-refractivity contribution in [3.05, 3.63) is 23.1 Å². The topological polar surface area (TPSA) is 30.2 Å². The number of aromatic nitrogens is 3. The Morgan fingerprint density at radius 2 is 2.17 bits per heavy atom. The number of halogens is 1. The Labute approximate surface area is 113 Å². The first-order valence-corrected chi connectivity index (χ1v) is 7.05. The van der Waals surface area contributed by atoms with Gasteiger partial charge in [0.2, 0.25) is 0 Å². The van der Waals surface area contributed by atoms with Gasteiger partial charge in [0.25, 0.3) is 0 Å². The summed E-state index contributed by atoms with van der Waals surface area (Å²) in [6.45, 7) is 2.33. The van der Waals surface area contributed by atoms with Crippen molar-refractivity contribution in [1.82, 2.24) is 14.6 Å². The van der Waals surface area contributed by atoms with E-state index in [2.05, 4.69) is 12.0 Å². The Bertz CT molecular complexity index is 581. The number of hydrogen-bond donors (Lipinski definition) is 0. The first-order valence-electron chi connectivity index (χ1n) is 6.67. The van der Waals surface area contributed by atoms with Crippen LogP contribution in [0.3, 0.4) is 0 Å². The highest BCUT2D eigenvalue weighted by atomic mass is 35.5. The van der Waals surface area contributed by atoms with E-state index in [0.29, 0.717) is 17.0 Å². The van der Waals surface area contributed by atoms with Crippen LogP contribution in [-0.2, 0) is 0 Å². The molecule has 94 valence electrons. The van der Waals surface area contributed by atoms with E-state index in [4.69, 9.17) is 16.6 Å². The molecule has 1 saturated carbocycles. The van der Waals surface area contributed by atoms with Crippen LogP contribution >= 0.6 is 11.6 Å². The molecule has 2 unspecified atom stereocenters. The number of hydrogen-bond acceptors (Lipinski definition) is 2. The van der Waals surface area contributed by atoms with Crippen molar-refractivity contribution in [3.8, 4) is 0 Å². The minimum Gasteiger partial charge on any atom is -0.234 e. The van der Waals surface area contributed by atoms with Crippen molar-refractivity contribution in [1.29, 1.82) is 0 Å². The molecule has 0 radical (unpaired) electrons. The molecule has 0 spiro atoms. The number of rotatable bonds is 1. The van der Waals surface area contributed by atoms with Gasteiger partial charge in [-0.15, -0.1) is 0 Å². The number of nitrogens with zero attached hydrogens (tertiary/aromatic N) is 3. The molecule has 1 fully saturated rings. The van der Waals surface area contributed by atoms with Gasteiger partial charge in [0.15, 0.2) is 5.65 Å². The summed E-state index contributed by atoms with van der Waals surface area (Å²) in [5, 5.41) is 4.91. The van der Waals surface area contributed by atoms with Crippen LogP contribution in [0.25, 0.3) is 5.65 Å². The van der Waals surface area contributed by atoms with E-state index in [9.17, 15) is 0 Å². The molecule has 2 atom stereocenters. The second-order valence-electron chi connectivity index (χ2n) is 5.43. The monoisotopic (exact) mass is 261 g/mol. The second-order valence-corrected chi connectivity index (χ2v) is 5.82. The van der Waals surface area contributed by atoms with E-state index in [1.54, 1.807) is 4.52 Å². The van der Waals surface area contributed by atoms with Crippen molar-refractivity contribution >= 4 is 30.6 Å². The average Bonchev–Trinajstić information content (AvgIpc) is 2.72. The molecular weight excluding hydrogens is 244 g/mol. The summed E-state index contributed by atoms with van der Waals surface area (Å²) in [4.78, 5) is 4.79. The third-order valence-corrected chi connectivity index (χ3v) is 4.39. The third kappa shape index (κ3) is 1.93. The van der Waals surface area contributed by atoms with Gasteiger partial charge >= 0.3 is 0 Å². The van der Waals surface area contributed by atoms with Crippen LogP contribution < -0.4 is 5.46 Å². The van der Waals surface area contributed by atoms with Crippen molar-refractivity contribution in [3.63, 3.8) is 0 Å². The summed E-state index contributed by atoms with van der Waals surface area (Å²) >= 11 is 6.30. The molecule has 1 aliphatic carbocycles.